The molecule has 0 fully saturated rings. The van der Waals surface area contributed by atoms with Crippen LogP contribution in [0.4, 0.5) is 4.39 Å². The van der Waals surface area contributed by atoms with Crippen molar-refractivity contribution in [3.05, 3.63) is 64.9 Å². The van der Waals surface area contributed by atoms with Crippen molar-refractivity contribution in [2.24, 2.45) is 0 Å². The number of carbonyl (C=O) groups is 2. The van der Waals surface area contributed by atoms with Crippen LogP contribution in [0, 0.1) is 5.82 Å². The second kappa shape index (κ2) is 11.4. The van der Waals surface area contributed by atoms with Crippen molar-refractivity contribution in [1.82, 2.24) is 14.5 Å². The van der Waals surface area contributed by atoms with Crippen LogP contribution >= 0.6 is 11.6 Å². The van der Waals surface area contributed by atoms with Gasteiger partial charge in [0.05, 0.1) is 11.4 Å². The molecule has 10 heteroatoms. The second-order valence-corrected chi connectivity index (χ2v) is 9.66. The minimum Gasteiger partial charge on any atom is -0.355 e. The van der Waals surface area contributed by atoms with E-state index in [0.717, 1.165) is 4.31 Å². The van der Waals surface area contributed by atoms with Gasteiger partial charge < -0.3 is 10.2 Å². The average Bonchev–Trinajstić information content (AvgIpc) is 2.75. The lowest BCUT2D eigenvalue weighted by atomic mass is 10.1. The van der Waals surface area contributed by atoms with Gasteiger partial charge >= 0.3 is 0 Å². The molecule has 174 valence electrons. The van der Waals surface area contributed by atoms with Gasteiger partial charge in [0.1, 0.15) is 11.9 Å². The fraction of sp³-hybridized carbons (Fsp3) is 0.364. The third-order valence-corrected chi connectivity index (χ3v) is 6.95. The van der Waals surface area contributed by atoms with E-state index in [4.69, 9.17) is 11.6 Å². The molecule has 0 unspecified atom stereocenters. The summed E-state index contributed by atoms with van der Waals surface area (Å²) in [6.07, 6.45) is 0.326. The number of hydrogen-bond donors (Lipinski definition) is 1. The number of likely N-dealkylation sites (N-methyl/N-ethyl adjacent to an activating group) is 2. The monoisotopic (exact) mass is 483 g/mol. The predicted octanol–water partition coefficient (Wildman–Crippen LogP) is 3.04. The Morgan fingerprint density at radius 1 is 1.06 bits per heavy atom. The first-order valence-electron chi connectivity index (χ1n) is 10.1. The van der Waals surface area contributed by atoms with E-state index in [1.165, 1.54) is 60.5 Å². The van der Waals surface area contributed by atoms with Gasteiger partial charge in [-0.05, 0) is 55.3 Å². The van der Waals surface area contributed by atoms with Crippen LogP contribution in [-0.2, 0) is 26.2 Å². The van der Waals surface area contributed by atoms with Crippen LogP contribution in [0.5, 0.6) is 0 Å². The van der Waals surface area contributed by atoms with E-state index in [1.807, 2.05) is 0 Å². The zero-order valence-corrected chi connectivity index (χ0v) is 19.8. The molecule has 0 aliphatic rings. The smallest absolute Gasteiger partial charge is 0.243 e. The number of nitrogens with one attached hydrogen (secondary N) is 1. The Bertz CT molecular complexity index is 1030. The number of carbonyl (C=O) groups excluding carboxylic acids is 2. The molecule has 2 aromatic carbocycles. The van der Waals surface area contributed by atoms with Crippen molar-refractivity contribution in [1.29, 1.82) is 0 Å². The maximum atomic E-state index is 13.3. The zero-order chi connectivity index (χ0) is 23.9. The number of rotatable bonds is 10. The summed E-state index contributed by atoms with van der Waals surface area (Å²) >= 11 is 5.83. The van der Waals surface area contributed by atoms with E-state index < -0.39 is 34.3 Å². The minimum atomic E-state index is -3.95. The molecule has 0 aliphatic heterocycles. The molecule has 2 aromatic rings. The first-order chi connectivity index (χ1) is 15.1. The van der Waals surface area contributed by atoms with Crippen LogP contribution in [0.3, 0.4) is 0 Å². The average molecular weight is 484 g/mol. The van der Waals surface area contributed by atoms with Crippen LogP contribution in [0.2, 0.25) is 5.02 Å². The molecular formula is C22H27ClFN3O4S. The maximum Gasteiger partial charge on any atom is 0.243 e. The molecule has 0 heterocycles. The molecule has 0 saturated heterocycles. The Hall–Kier alpha value is -2.49. The molecule has 1 atom stereocenters. The van der Waals surface area contributed by atoms with Gasteiger partial charge in [0.15, 0.2) is 0 Å². The van der Waals surface area contributed by atoms with Gasteiger partial charge in [0, 0.05) is 25.2 Å². The van der Waals surface area contributed by atoms with Crippen molar-refractivity contribution in [3.63, 3.8) is 0 Å². The van der Waals surface area contributed by atoms with Gasteiger partial charge in [-0.25, -0.2) is 12.8 Å². The summed E-state index contributed by atoms with van der Waals surface area (Å²) < 4.78 is 40.0. The SMILES string of the molecule is CCNC(=O)[C@@H](CC)N(Cc1ccc(F)cc1)C(=O)CN(C)S(=O)(=O)c1ccc(Cl)cc1. The first-order valence-corrected chi connectivity index (χ1v) is 12.0. The highest BCUT2D eigenvalue weighted by Gasteiger charge is 2.31. The third kappa shape index (κ3) is 6.51. The lowest BCUT2D eigenvalue weighted by molar-refractivity contribution is -0.141. The first kappa shape index (κ1) is 25.8. The van der Waals surface area contributed by atoms with E-state index >= 15 is 0 Å². The molecule has 7 nitrogen and oxygen atoms in total. The van der Waals surface area contributed by atoms with Crippen molar-refractivity contribution in [2.45, 2.75) is 37.8 Å². The number of benzene rings is 2. The van der Waals surface area contributed by atoms with Crippen LogP contribution in [0.25, 0.3) is 0 Å². The van der Waals surface area contributed by atoms with Crippen molar-refractivity contribution < 1.29 is 22.4 Å². The van der Waals surface area contributed by atoms with Crippen molar-refractivity contribution in [3.8, 4) is 0 Å². The van der Waals surface area contributed by atoms with Crippen LogP contribution in [0.1, 0.15) is 25.8 Å². The Labute approximate surface area is 193 Å². The summed E-state index contributed by atoms with van der Waals surface area (Å²) in [7, 11) is -2.65. The zero-order valence-electron chi connectivity index (χ0n) is 18.2. The number of nitrogens with zero attached hydrogens (tertiary/aromatic N) is 2. The normalized spacial score (nSPS) is 12.4. The molecule has 0 radical (unpaired) electrons. The quantitative estimate of drug-likeness (QED) is 0.562. The number of hydrogen-bond acceptors (Lipinski definition) is 4. The van der Waals surface area contributed by atoms with E-state index in [1.54, 1.807) is 13.8 Å². The molecular weight excluding hydrogens is 457 g/mol. The third-order valence-electron chi connectivity index (χ3n) is 4.88. The molecule has 0 bridgehead atoms. The summed E-state index contributed by atoms with van der Waals surface area (Å²) in [5.41, 5.74) is 0.616. The molecule has 2 amide bonds. The highest BCUT2D eigenvalue weighted by Crippen LogP contribution is 2.19. The maximum absolute atomic E-state index is 13.3. The van der Waals surface area contributed by atoms with Gasteiger partial charge in [-0.1, -0.05) is 30.7 Å². The van der Waals surface area contributed by atoms with Crippen molar-refractivity contribution >= 4 is 33.4 Å². The molecule has 0 spiro atoms. The Morgan fingerprint density at radius 2 is 1.66 bits per heavy atom. The summed E-state index contributed by atoms with van der Waals surface area (Å²) in [6.45, 7) is 3.48. The van der Waals surface area contributed by atoms with Gasteiger partial charge in [-0.15, -0.1) is 0 Å². The van der Waals surface area contributed by atoms with E-state index in [0.29, 0.717) is 23.6 Å². The fourth-order valence-corrected chi connectivity index (χ4v) is 4.40. The Kier molecular flexibility index (Phi) is 9.18. The van der Waals surface area contributed by atoms with Crippen LogP contribution in [-0.4, -0.2) is 55.6 Å². The number of sulfonamides is 1. The van der Waals surface area contributed by atoms with Gasteiger partial charge in [-0.2, -0.15) is 4.31 Å². The van der Waals surface area contributed by atoms with Crippen LogP contribution < -0.4 is 5.32 Å². The summed E-state index contributed by atoms with van der Waals surface area (Å²) in [4.78, 5) is 27.1. The molecule has 0 aromatic heterocycles. The van der Waals surface area contributed by atoms with Gasteiger partial charge in [-0.3, -0.25) is 9.59 Å². The highest BCUT2D eigenvalue weighted by molar-refractivity contribution is 7.89. The summed E-state index contributed by atoms with van der Waals surface area (Å²) in [5.74, 6) is -1.31. The predicted molar refractivity (Wildman–Crippen MR) is 121 cm³/mol. The van der Waals surface area contributed by atoms with Crippen molar-refractivity contribution in [2.75, 3.05) is 20.1 Å². The summed E-state index contributed by atoms with van der Waals surface area (Å²) in [5, 5.41) is 3.09. The standard InChI is InChI=1S/C22H27ClFN3O4S/c1-4-20(22(29)25-5-2)27(14-16-6-10-18(24)11-7-16)21(28)15-26(3)32(30,31)19-12-8-17(23)9-13-19/h6-13,20H,4-5,14-15H2,1-3H3,(H,25,29)/t20-/m1/s1. The molecule has 32 heavy (non-hydrogen) atoms. The topological polar surface area (TPSA) is 86.8 Å². The largest absolute Gasteiger partial charge is 0.355 e. The number of amides is 2. The van der Waals surface area contributed by atoms with Gasteiger partial charge in [0.25, 0.3) is 0 Å². The molecule has 0 saturated carbocycles. The Morgan fingerprint density at radius 3 is 2.19 bits per heavy atom. The Balaban J connectivity index is 2.30. The second-order valence-electron chi connectivity index (χ2n) is 7.18. The number of halogens is 2. The highest BCUT2D eigenvalue weighted by atomic mass is 35.5. The molecule has 2 rings (SSSR count). The molecule has 0 aliphatic carbocycles. The summed E-state index contributed by atoms with van der Waals surface area (Å²) in [6, 6.07) is 10.4. The van der Waals surface area contributed by atoms with Gasteiger partial charge in [0.2, 0.25) is 21.8 Å². The van der Waals surface area contributed by atoms with Crippen LogP contribution in [0.15, 0.2) is 53.4 Å². The molecule has 1 N–H and O–H groups in total. The van der Waals surface area contributed by atoms with E-state index in [9.17, 15) is 22.4 Å². The minimum absolute atomic E-state index is 0.00180. The fourth-order valence-electron chi connectivity index (χ4n) is 3.15. The van der Waals surface area contributed by atoms with E-state index in [2.05, 4.69) is 5.32 Å². The lowest BCUT2D eigenvalue weighted by Gasteiger charge is -2.31. The van der Waals surface area contributed by atoms with E-state index in [-0.39, 0.29) is 17.3 Å². The lowest BCUT2D eigenvalue weighted by Crippen LogP contribution is -2.51.